The van der Waals surface area contributed by atoms with Gasteiger partial charge in [0.1, 0.15) is 5.75 Å². The van der Waals surface area contributed by atoms with E-state index < -0.39 is 0 Å². The lowest BCUT2D eigenvalue weighted by Gasteiger charge is -2.27. The number of aromatic hydroxyl groups is 1. The third-order valence-electron chi connectivity index (χ3n) is 2.73. The zero-order valence-corrected chi connectivity index (χ0v) is 10.3. The maximum Gasteiger partial charge on any atom is 0.115 e. The molecule has 0 amide bonds. The Morgan fingerprint density at radius 2 is 2.19 bits per heavy atom. The number of methoxy groups -OCH3 is 1. The zero-order chi connectivity index (χ0) is 12.0. The van der Waals surface area contributed by atoms with Crippen molar-refractivity contribution in [3.8, 4) is 5.75 Å². The number of hydrogen-bond acceptors (Lipinski definition) is 3. The number of likely N-dealkylation sites (N-methyl/N-ethyl adjacent to an activating group) is 1. The van der Waals surface area contributed by atoms with Gasteiger partial charge in [0.15, 0.2) is 0 Å². The van der Waals surface area contributed by atoms with E-state index in [4.69, 9.17) is 4.74 Å². The van der Waals surface area contributed by atoms with Crippen LogP contribution in [0.2, 0.25) is 0 Å². The summed E-state index contributed by atoms with van der Waals surface area (Å²) in [6.45, 7) is 6.83. The first-order valence-electron chi connectivity index (χ1n) is 5.68. The van der Waals surface area contributed by atoms with Gasteiger partial charge in [-0.3, -0.25) is 4.90 Å². The fraction of sp³-hybridized carbons (Fsp3) is 0.538. The topological polar surface area (TPSA) is 32.7 Å². The largest absolute Gasteiger partial charge is 0.508 e. The summed E-state index contributed by atoms with van der Waals surface area (Å²) in [5, 5.41) is 9.40. The molecular weight excluding hydrogens is 202 g/mol. The summed E-state index contributed by atoms with van der Waals surface area (Å²) in [6.07, 6.45) is 0. The van der Waals surface area contributed by atoms with Crippen molar-refractivity contribution in [2.75, 3.05) is 20.3 Å². The summed E-state index contributed by atoms with van der Waals surface area (Å²) in [6, 6.07) is 7.79. The normalized spacial score (nSPS) is 13.0. The van der Waals surface area contributed by atoms with Gasteiger partial charge in [-0.15, -0.1) is 0 Å². The summed E-state index contributed by atoms with van der Waals surface area (Å²) in [5.41, 5.74) is 1.13. The van der Waals surface area contributed by atoms with Crippen LogP contribution in [0.5, 0.6) is 5.75 Å². The molecular formula is C13H21NO2. The third-order valence-corrected chi connectivity index (χ3v) is 2.73. The van der Waals surface area contributed by atoms with Gasteiger partial charge in [0.05, 0.1) is 6.61 Å². The molecule has 1 N–H and O–H groups in total. The second-order valence-corrected chi connectivity index (χ2v) is 4.04. The lowest BCUT2D eigenvalue weighted by molar-refractivity contribution is 0.0981. The van der Waals surface area contributed by atoms with Crippen LogP contribution in [0.25, 0.3) is 0 Å². The number of nitrogens with zero attached hydrogens (tertiary/aromatic N) is 1. The van der Waals surface area contributed by atoms with E-state index in [0.29, 0.717) is 11.8 Å². The highest BCUT2D eigenvalue weighted by Crippen LogP contribution is 2.14. The highest BCUT2D eigenvalue weighted by molar-refractivity contribution is 5.27. The molecule has 0 bridgehead atoms. The average Bonchev–Trinajstić information content (AvgIpc) is 2.26. The molecule has 0 saturated heterocycles. The first kappa shape index (κ1) is 13.0. The second kappa shape index (κ2) is 6.51. The third kappa shape index (κ3) is 3.83. The maximum atomic E-state index is 9.40. The Labute approximate surface area is 97.7 Å². The molecule has 0 fully saturated rings. The summed E-state index contributed by atoms with van der Waals surface area (Å²) >= 11 is 0. The molecule has 0 aliphatic carbocycles. The highest BCUT2D eigenvalue weighted by atomic mass is 16.5. The molecule has 16 heavy (non-hydrogen) atoms. The summed E-state index contributed by atoms with van der Waals surface area (Å²) in [5.74, 6) is 0.327. The van der Waals surface area contributed by atoms with Crippen molar-refractivity contribution < 1.29 is 9.84 Å². The first-order valence-corrected chi connectivity index (χ1v) is 5.68. The fourth-order valence-corrected chi connectivity index (χ4v) is 1.82. The quantitative estimate of drug-likeness (QED) is 0.803. The highest BCUT2D eigenvalue weighted by Gasteiger charge is 2.12. The molecule has 1 rings (SSSR count). The Morgan fingerprint density at radius 1 is 1.44 bits per heavy atom. The van der Waals surface area contributed by atoms with E-state index in [0.717, 1.165) is 25.3 Å². The standard InChI is InChI=1S/C13H21NO2/c1-4-14(11(2)10-16-3)9-12-6-5-7-13(15)8-12/h5-8,11,15H,4,9-10H2,1-3H3. The second-order valence-electron chi connectivity index (χ2n) is 4.04. The monoisotopic (exact) mass is 223 g/mol. The maximum absolute atomic E-state index is 9.40. The van der Waals surface area contributed by atoms with Gasteiger partial charge in [0.25, 0.3) is 0 Å². The van der Waals surface area contributed by atoms with Gasteiger partial charge in [-0.1, -0.05) is 19.1 Å². The van der Waals surface area contributed by atoms with Crippen LogP contribution < -0.4 is 0 Å². The molecule has 1 atom stereocenters. The number of phenolic OH excluding ortho intramolecular Hbond substituents is 1. The Kier molecular flexibility index (Phi) is 5.29. The minimum absolute atomic E-state index is 0.327. The lowest BCUT2D eigenvalue weighted by atomic mass is 10.1. The van der Waals surface area contributed by atoms with Gasteiger partial charge in [-0.05, 0) is 31.2 Å². The molecule has 0 spiro atoms. The molecule has 3 heteroatoms. The Hall–Kier alpha value is -1.06. The van der Waals surface area contributed by atoms with Crippen LogP contribution in [-0.2, 0) is 11.3 Å². The van der Waals surface area contributed by atoms with E-state index in [1.54, 1.807) is 13.2 Å². The lowest BCUT2D eigenvalue weighted by Crippen LogP contribution is -2.35. The number of ether oxygens (including phenoxy) is 1. The van der Waals surface area contributed by atoms with Crippen molar-refractivity contribution in [3.63, 3.8) is 0 Å². The summed E-state index contributed by atoms with van der Waals surface area (Å²) in [7, 11) is 1.72. The van der Waals surface area contributed by atoms with Gasteiger partial charge in [0.2, 0.25) is 0 Å². The van der Waals surface area contributed by atoms with Crippen LogP contribution in [0.1, 0.15) is 19.4 Å². The average molecular weight is 223 g/mol. The number of benzene rings is 1. The molecule has 1 aromatic rings. The molecule has 0 aliphatic heterocycles. The van der Waals surface area contributed by atoms with Crippen molar-refractivity contribution in [2.24, 2.45) is 0 Å². The van der Waals surface area contributed by atoms with E-state index in [-0.39, 0.29) is 0 Å². The van der Waals surface area contributed by atoms with Crippen molar-refractivity contribution in [1.82, 2.24) is 4.90 Å². The minimum Gasteiger partial charge on any atom is -0.508 e. The van der Waals surface area contributed by atoms with Gasteiger partial charge in [-0.25, -0.2) is 0 Å². The zero-order valence-electron chi connectivity index (χ0n) is 10.3. The molecule has 0 aromatic heterocycles. The van der Waals surface area contributed by atoms with Crippen molar-refractivity contribution in [1.29, 1.82) is 0 Å². The van der Waals surface area contributed by atoms with Crippen LogP contribution in [0.3, 0.4) is 0 Å². The smallest absolute Gasteiger partial charge is 0.115 e. The molecule has 3 nitrogen and oxygen atoms in total. The predicted octanol–water partition coefficient (Wildman–Crippen LogP) is 2.25. The summed E-state index contributed by atoms with van der Waals surface area (Å²) < 4.78 is 5.16. The minimum atomic E-state index is 0.327. The molecule has 1 aromatic carbocycles. The van der Waals surface area contributed by atoms with Crippen molar-refractivity contribution >= 4 is 0 Å². The van der Waals surface area contributed by atoms with E-state index in [1.165, 1.54) is 0 Å². The Morgan fingerprint density at radius 3 is 2.75 bits per heavy atom. The van der Waals surface area contributed by atoms with Crippen LogP contribution in [-0.4, -0.2) is 36.3 Å². The molecule has 90 valence electrons. The molecule has 0 aliphatic rings. The van der Waals surface area contributed by atoms with E-state index >= 15 is 0 Å². The number of hydrogen-bond donors (Lipinski definition) is 1. The molecule has 0 radical (unpaired) electrons. The van der Waals surface area contributed by atoms with Crippen LogP contribution in [0.15, 0.2) is 24.3 Å². The van der Waals surface area contributed by atoms with Gasteiger partial charge >= 0.3 is 0 Å². The molecule has 0 heterocycles. The van der Waals surface area contributed by atoms with Crippen LogP contribution in [0.4, 0.5) is 0 Å². The van der Waals surface area contributed by atoms with E-state index in [9.17, 15) is 5.11 Å². The van der Waals surface area contributed by atoms with Crippen LogP contribution >= 0.6 is 0 Å². The van der Waals surface area contributed by atoms with E-state index in [1.807, 2.05) is 18.2 Å². The predicted molar refractivity (Wildman–Crippen MR) is 65.5 cm³/mol. The summed E-state index contributed by atoms with van der Waals surface area (Å²) in [4.78, 5) is 2.32. The Balaban J connectivity index is 2.62. The van der Waals surface area contributed by atoms with Gasteiger partial charge in [-0.2, -0.15) is 0 Å². The molecule has 0 saturated carbocycles. The molecule has 1 unspecified atom stereocenters. The Bertz CT molecular complexity index is 315. The number of phenols is 1. The first-order chi connectivity index (χ1) is 7.67. The van der Waals surface area contributed by atoms with Crippen molar-refractivity contribution in [3.05, 3.63) is 29.8 Å². The van der Waals surface area contributed by atoms with Gasteiger partial charge in [0, 0.05) is 19.7 Å². The SMILES string of the molecule is CCN(Cc1cccc(O)c1)C(C)COC. The fourth-order valence-electron chi connectivity index (χ4n) is 1.82. The van der Waals surface area contributed by atoms with Crippen molar-refractivity contribution in [2.45, 2.75) is 26.4 Å². The van der Waals surface area contributed by atoms with Crippen LogP contribution in [0, 0.1) is 0 Å². The van der Waals surface area contributed by atoms with Gasteiger partial charge < -0.3 is 9.84 Å². The van der Waals surface area contributed by atoms with E-state index in [2.05, 4.69) is 18.7 Å². The number of rotatable bonds is 6.